The topological polar surface area (TPSA) is 65.1 Å². The number of nitrogens with one attached hydrogen (secondary N) is 2. The van der Waals surface area contributed by atoms with Crippen molar-refractivity contribution in [1.29, 1.82) is 0 Å². The zero-order valence-electron chi connectivity index (χ0n) is 12.8. The zero-order chi connectivity index (χ0) is 15.3. The summed E-state index contributed by atoms with van der Waals surface area (Å²) in [6.07, 6.45) is 1.95. The molecule has 0 saturated heterocycles. The van der Waals surface area contributed by atoms with Gasteiger partial charge in [-0.05, 0) is 42.3 Å². The van der Waals surface area contributed by atoms with Gasteiger partial charge in [0.1, 0.15) is 0 Å². The molecule has 0 radical (unpaired) electrons. The molecule has 1 heterocycles. The van der Waals surface area contributed by atoms with E-state index in [0.717, 1.165) is 35.9 Å². The van der Waals surface area contributed by atoms with Gasteiger partial charge >= 0.3 is 0 Å². The van der Waals surface area contributed by atoms with Crippen LogP contribution in [0.2, 0.25) is 0 Å². The number of aromatic nitrogens is 1. The minimum Gasteiger partial charge on any atom is -0.396 e. The van der Waals surface area contributed by atoms with Crippen molar-refractivity contribution < 1.29 is 5.11 Å². The van der Waals surface area contributed by atoms with E-state index >= 15 is 0 Å². The van der Waals surface area contributed by atoms with Crippen molar-refractivity contribution in [2.24, 2.45) is 5.41 Å². The van der Waals surface area contributed by atoms with Gasteiger partial charge in [0.05, 0.1) is 0 Å². The second-order valence-corrected chi connectivity index (χ2v) is 6.31. The van der Waals surface area contributed by atoms with E-state index in [0.29, 0.717) is 6.54 Å². The molecule has 0 fully saturated rings. The van der Waals surface area contributed by atoms with Crippen LogP contribution in [-0.2, 0) is 6.54 Å². The Labute approximate surface area is 125 Å². The lowest BCUT2D eigenvalue weighted by atomic mass is 9.89. The second kappa shape index (κ2) is 6.87. The summed E-state index contributed by atoms with van der Waals surface area (Å²) in [6.45, 7) is 5.73. The fraction of sp³-hybridized carbons (Fsp3) is 0.471. The lowest BCUT2D eigenvalue weighted by Crippen LogP contribution is -2.23. The van der Waals surface area contributed by atoms with Gasteiger partial charge in [0, 0.05) is 24.2 Å². The molecule has 0 unspecified atom stereocenters. The molecule has 1 aromatic heterocycles. The lowest BCUT2D eigenvalue weighted by molar-refractivity contribution is 0.148. The van der Waals surface area contributed by atoms with E-state index in [1.807, 2.05) is 30.3 Å². The van der Waals surface area contributed by atoms with Gasteiger partial charge in [-0.25, -0.2) is 0 Å². The Hall–Kier alpha value is -1.65. The van der Waals surface area contributed by atoms with Crippen LogP contribution < -0.4 is 10.9 Å². The molecule has 2 aromatic rings. The summed E-state index contributed by atoms with van der Waals surface area (Å²) in [7, 11) is 0. The third-order valence-electron chi connectivity index (χ3n) is 3.78. The molecule has 4 heteroatoms. The number of hydrogen-bond acceptors (Lipinski definition) is 3. The number of benzene rings is 1. The quantitative estimate of drug-likeness (QED) is 0.686. The van der Waals surface area contributed by atoms with Crippen LogP contribution in [-0.4, -0.2) is 23.2 Å². The summed E-state index contributed by atoms with van der Waals surface area (Å²) in [5.41, 5.74) is 1.57. The molecule has 21 heavy (non-hydrogen) atoms. The van der Waals surface area contributed by atoms with E-state index in [-0.39, 0.29) is 17.6 Å². The van der Waals surface area contributed by atoms with Crippen LogP contribution >= 0.6 is 0 Å². The fourth-order valence-electron chi connectivity index (χ4n) is 2.32. The zero-order valence-corrected chi connectivity index (χ0v) is 12.8. The molecule has 114 valence electrons. The number of hydrogen-bond donors (Lipinski definition) is 3. The van der Waals surface area contributed by atoms with E-state index in [2.05, 4.69) is 24.1 Å². The van der Waals surface area contributed by atoms with E-state index < -0.39 is 0 Å². The first-order chi connectivity index (χ1) is 10.0. The van der Waals surface area contributed by atoms with Gasteiger partial charge in [-0.1, -0.05) is 32.0 Å². The minimum atomic E-state index is -0.0307. The van der Waals surface area contributed by atoms with Gasteiger partial charge in [0.25, 0.3) is 5.56 Å². The standard InChI is InChI=1S/C17H24N2O2/c1-17(2,12-20)8-5-9-18-11-14-10-13-6-3-4-7-15(13)19-16(14)21/h3-4,6-7,10,18,20H,5,8-9,11-12H2,1-2H3,(H,19,21). The van der Waals surface area contributed by atoms with Gasteiger partial charge in [-0.3, -0.25) is 4.79 Å². The van der Waals surface area contributed by atoms with E-state index in [9.17, 15) is 9.90 Å². The van der Waals surface area contributed by atoms with Gasteiger partial charge in [0.2, 0.25) is 0 Å². The maximum atomic E-state index is 12.0. The van der Waals surface area contributed by atoms with Crippen LogP contribution in [0.3, 0.4) is 0 Å². The van der Waals surface area contributed by atoms with Crippen LogP contribution in [0.1, 0.15) is 32.3 Å². The highest BCUT2D eigenvalue weighted by molar-refractivity contribution is 5.78. The number of H-pyrrole nitrogens is 1. The molecule has 0 aliphatic carbocycles. The molecule has 0 amide bonds. The highest BCUT2D eigenvalue weighted by Gasteiger charge is 2.15. The lowest BCUT2D eigenvalue weighted by Gasteiger charge is -2.21. The molecule has 1 aromatic carbocycles. The third kappa shape index (κ3) is 4.41. The van der Waals surface area contributed by atoms with Gasteiger partial charge in [-0.2, -0.15) is 0 Å². The van der Waals surface area contributed by atoms with Crippen molar-refractivity contribution in [1.82, 2.24) is 10.3 Å². The Morgan fingerprint density at radius 2 is 2.05 bits per heavy atom. The first kappa shape index (κ1) is 15.7. The first-order valence-electron chi connectivity index (χ1n) is 7.44. The fourth-order valence-corrected chi connectivity index (χ4v) is 2.32. The van der Waals surface area contributed by atoms with Crippen LogP contribution in [0.15, 0.2) is 35.1 Å². The largest absolute Gasteiger partial charge is 0.396 e. The van der Waals surface area contributed by atoms with E-state index in [4.69, 9.17) is 0 Å². The van der Waals surface area contributed by atoms with Crippen molar-refractivity contribution in [2.45, 2.75) is 33.2 Å². The maximum Gasteiger partial charge on any atom is 0.252 e. The maximum absolute atomic E-state index is 12.0. The number of para-hydroxylation sites is 1. The molecular formula is C17H24N2O2. The van der Waals surface area contributed by atoms with Crippen molar-refractivity contribution >= 4 is 10.9 Å². The van der Waals surface area contributed by atoms with Gasteiger partial charge in [-0.15, -0.1) is 0 Å². The SMILES string of the molecule is CC(C)(CO)CCCNCc1cc2ccccc2[nH]c1=O. The summed E-state index contributed by atoms with van der Waals surface area (Å²) in [6, 6.07) is 9.73. The Bertz CT molecular complexity index is 647. The Balaban J connectivity index is 1.89. The second-order valence-electron chi connectivity index (χ2n) is 6.31. The number of fused-ring (bicyclic) bond motifs is 1. The van der Waals surface area contributed by atoms with Gasteiger partial charge in [0.15, 0.2) is 0 Å². The highest BCUT2D eigenvalue weighted by atomic mass is 16.3. The molecule has 0 aliphatic rings. The average Bonchev–Trinajstić information content (AvgIpc) is 2.47. The molecule has 0 bridgehead atoms. The summed E-state index contributed by atoms with van der Waals surface area (Å²) in [5.74, 6) is 0. The van der Waals surface area contributed by atoms with Crippen LogP contribution in [0.25, 0.3) is 10.9 Å². The van der Waals surface area contributed by atoms with E-state index in [1.54, 1.807) is 0 Å². The monoisotopic (exact) mass is 288 g/mol. The number of aliphatic hydroxyl groups is 1. The molecule has 0 aliphatic heterocycles. The molecule has 0 saturated carbocycles. The molecule has 2 rings (SSSR count). The average molecular weight is 288 g/mol. The van der Waals surface area contributed by atoms with Crippen LogP contribution in [0, 0.1) is 5.41 Å². The van der Waals surface area contributed by atoms with Gasteiger partial charge < -0.3 is 15.4 Å². The van der Waals surface area contributed by atoms with E-state index in [1.165, 1.54) is 0 Å². The Kier molecular flexibility index (Phi) is 5.15. The van der Waals surface area contributed by atoms with Crippen molar-refractivity contribution in [3.63, 3.8) is 0 Å². The molecule has 4 nitrogen and oxygen atoms in total. The molecule has 3 N–H and O–H groups in total. The van der Waals surface area contributed by atoms with Crippen LogP contribution in [0.5, 0.6) is 0 Å². The number of aliphatic hydroxyl groups excluding tert-OH is 1. The number of pyridine rings is 1. The number of rotatable bonds is 7. The normalized spacial score (nSPS) is 12.0. The summed E-state index contributed by atoms with van der Waals surface area (Å²) in [5, 5.41) is 13.6. The smallest absolute Gasteiger partial charge is 0.252 e. The predicted octanol–water partition coefficient (Wildman–Crippen LogP) is 2.42. The van der Waals surface area contributed by atoms with Crippen molar-refractivity contribution in [2.75, 3.05) is 13.2 Å². The summed E-state index contributed by atoms with van der Waals surface area (Å²) >= 11 is 0. The van der Waals surface area contributed by atoms with Crippen molar-refractivity contribution in [3.05, 3.63) is 46.2 Å². The van der Waals surface area contributed by atoms with Crippen LogP contribution in [0.4, 0.5) is 0 Å². The number of aromatic amines is 1. The molecule has 0 spiro atoms. The molecule has 0 atom stereocenters. The first-order valence-corrected chi connectivity index (χ1v) is 7.44. The Morgan fingerprint density at radius 3 is 2.81 bits per heavy atom. The third-order valence-corrected chi connectivity index (χ3v) is 3.78. The summed E-state index contributed by atoms with van der Waals surface area (Å²) in [4.78, 5) is 14.9. The molecular weight excluding hydrogens is 264 g/mol. The Morgan fingerprint density at radius 1 is 1.29 bits per heavy atom. The summed E-state index contributed by atoms with van der Waals surface area (Å²) < 4.78 is 0. The minimum absolute atomic E-state index is 0.0257. The predicted molar refractivity (Wildman–Crippen MR) is 86.4 cm³/mol. The highest BCUT2D eigenvalue weighted by Crippen LogP contribution is 2.20. The van der Waals surface area contributed by atoms with Crippen molar-refractivity contribution in [3.8, 4) is 0 Å².